The van der Waals surface area contributed by atoms with Gasteiger partial charge in [0.2, 0.25) is 0 Å². The number of rotatable bonds is 7. The number of hydrogen-bond acceptors (Lipinski definition) is 5. The van der Waals surface area contributed by atoms with Crippen LogP contribution in [0.4, 0.5) is 4.39 Å². The lowest BCUT2D eigenvalue weighted by Crippen LogP contribution is -2.32. The van der Waals surface area contributed by atoms with Crippen molar-refractivity contribution in [2.24, 2.45) is 5.10 Å². The van der Waals surface area contributed by atoms with Gasteiger partial charge in [0.15, 0.2) is 5.50 Å². The summed E-state index contributed by atoms with van der Waals surface area (Å²) in [5, 5.41) is 12.3. The Morgan fingerprint density at radius 1 is 1.03 bits per heavy atom. The molecule has 0 radical (unpaired) electrons. The van der Waals surface area contributed by atoms with Gasteiger partial charge in [0.05, 0.1) is 28.8 Å². The fraction of sp³-hybridized carbons (Fsp3) is 0.161. The summed E-state index contributed by atoms with van der Waals surface area (Å²) in [4.78, 5) is 5.05. The second-order valence-corrected chi connectivity index (χ2v) is 10.6. The van der Waals surface area contributed by atoms with Crippen LogP contribution in [0.15, 0.2) is 95.4 Å². The minimum atomic E-state index is -0.243. The number of nitrogens with one attached hydrogen (secondary N) is 2. The topological polar surface area (TPSA) is 54.2 Å². The minimum Gasteiger partial charge on any atom is -0.355 e. The molecule has 190 valence electrons. The van der Waals surface area contributed by atoms with Crippen molar-refractivity contribution < 1.29 is 4.39 Å². The molecule has 5 nitrogen and oxygen atoms in total. The van der Waals surface area contributed by atoms with E-state index in [1.807, 2.05) is 5.41 Å². The fourth-order valence-corrected chi connectivity index (χ4v) is 5.68. The lowest BCUT2D eigenvalue weighted by Gasteiger charge is -2.14. The first kappa shape index (κ1) is 24.2. The Balaban J connectivity index is 1.29. The van der Waals surface area contributed by atoms with Crippen molar-refractivity contribution in [2.45, 2.75) is 31.8 Å². The monoisotopic (exact) mass is 521 g/mol. The van der Waals surface area contributed by atoms with Gasteiger partial charge in [-0.1, -0.05) is 74.1 Å². The van der Waals surface area contributed by atoms with Gasteiger partial charge in [0.25, 0.3) is 0 Å². The van der Waals surface area contributed by atoms with Crippen molar-refractivity contribution in [3.8, 4) is 0 Å². The SMILES string of the molecule is CC(C)c1nc(C=NNC2NC(c3ccc(F)cc3)=CS2)cc2c3ccccc3n(Cc3ccccc3)c12. The van der Waals surface area contributed by atoms with Crippen LogP contribution in [-0.2, 0) is 6.54 Å². The molecule has 7 heteroatoms. The first-order valence-corrected chi connectivity index (χ1v) is 13.6. The van der Waals surface area contributed by atoms with E-state index in [1.54, 1.807) is 30.1 Å². The van der Waals surface area contributed by atoms with E-state index in [4.69, 9.17) is 4.98 Å². The molecule has 0 saturated carbocycles. The Morgan fingerprint density at radius 3 is 2.58 bits per heavy atom. The molecule has 1 aliphatic rings. The summed E-state index contributed by atoms with van der Waals surface area (Å²) in [7, 11) is 0. The molecular formula is C31H28FN5S. The number of thioether (sulfide) groups is 1. The molecule has 2 N–H and O–H groups in total. The number of hydrazone groups is 1. The summed E-state index contributed by atoms with van der Waals surface area (Å²) < 4.78 is 15.6. The third kappa shape index (κ3) is 4.77. The van der Waals surface area contributed by atoms with Crippen molar-refractivity contribution in [1.82, 2.24) is 20.3 Å². The van der Waals surface area contributed by atoms with Crippen molar-refractivity contribution in [3.05, 3.63) is 119 Å². The summed E-state index contributed by atoms with van der Waals surface area (Å²) >= 11 is 1.59. The van der Waals surface area contributed by atoms with Crippen molar-refractivity contribution in [2.75, 3.05) is 0 Å². The Kier molecular flexibility index (Phi) is 6.60. The predicted octanol–water partition coefficient (Wildman–Crippen LogP) is 7.04. The molecule has 0 aliphatic carbocycles. The number of fused-ring (bicyclic) bond motifs is 3. The predicted molar refractivity (Wildman–Crippen MR) is 156 cm³/mol. The van der Waals surface area contributed by atoms with Crippen LogP contribution in [0.5, 0.6) is 0 Å². The van der Waals surface area contributed by atoms with Crippen LogP contribution >= 0.6 is 11.8 Å². The lowest BCUT2D eigenvalue weighted by molar-refractivity contribution is 0.627. The number of benzene rings is 3. The van der Waals surface area contributed by atoms with E-state index in [0.717, 1.165) is 29.2 Å². The zero-order valence-electron chi connectivity index (χ0n) is 21.2. The second kappa shape index (κ2) is 10.3. The quantitative estimate of drug-likeness (QED) is 0.178. The molecule has 0 saturated heterocycles. The Bertz CT molecular complexity index is 1660. The van der Waals surface area contributed by atoms with Crippen LogP contribution in [0.3, 0.4) is 0 Å². The Labute approximate surface area is 225 Å². The van der Waals surface area contributed by atoms with Crippen LogP contribution in [0.25, 0.3) is 27.5 Å². The highest BCUT2D eigenvalue weighted by Gasteiger charge is 2.19. The molecule has 0 amide bonds. The van der Waals surface area contributed by atoms with Gasteiger partial charge >= 0.3 is 0 Å². The van der Waals surface area contributed by atoms with E-state index in [-0.39, 0.29) is 17.2 Å². The normalized spacial score (nSPS) is 15.5. The minimum absolute atomic E-state index is 0.118. The van der Waals surface area contributed by atoms with E-state index in [9.17, 15) is 4.39 Å². The number of halogens is 1. The molecule has 1 aliphatic heterocycles. The molecule has 0 fully saturated rings. The first-order valence-electron chi connectivity index (χ1n) is 12.7. The van der Waals surface area contributed by atoms with E-state index < -0.39 is 0 Å². The molecule has 0 bridgehead atoms. The Hall–Kier alpha value is -4.10. The summed E-state index contributed by atoms with van der Waals surface area (Å²) in [5.74, 6) is -0.000125. The molecule has 0 spiro atoms. The summed E-state index contributed by atoms with van der Waals surface area (Å²) in [6, 6.07) is 27.7. The van der Waals surface area contributed by atoms with Crippen LogP contribution in [0.1, 0.15) is 42.3 Å². The van der Waals surface area contributed by atoms with E-state index >= 15 is 0 Å². The zero-order valence-corrected chi connectivity index (χ0v) is 22.0. The summed E-state index contributed by atoms with van der Waals surface area (Å²) in [6.07, 6.45) is 1.78. The highest BCUT2D eigenvalue weighted by molar-refractivity contribution is 8.03. The van der Waals surface area contributed by atoms with E-state index in [2.05, 4.69) is 94.9 Å². The van der Waals surface area contributed by atoms with Crippen LogP contribution in [-0.4, -0.2) is 21.3 Å². The smallest absolute Gasteiger partial charge is 0.165 e. The molecule has 3 heterocycles. The highest BCUT2D eigenvalue weighted by atomic mass is 32.2. The number of nitrogens with zero attached hydrogens (tertiary/aromatic N) is 3. The third-order valence-corrected chi connectivity index (χ3v) is 7.54. The molecular weight excluding hydrogens is 493 g/mol. The second-order valence-electron chi connectivity index (χ2n) is 9.66. The highest BCUT2D eigenvalue weighted by Crippen LogP contribution is 2.34. The van der Waals surface area contributed by atoms with Gasteiger partial charge in [-0.05, 0) is 58.9 Å². The first-order chi connectivity index (χ1) is 18.6. The van der Waals surface area contributed by atoms with Gasteiger partial charge < -0.3 is 9.88 Å². The van der Waals surface area contributed by atoms with Crippen molar-refractivity contribution in [1.29, 1.82) is 0 Å². The number of pyridine rings is 1. The Morgan fingerprint density at radius 2 is 1.79 bits per heavy atom. The summed E-state index contributed by atoms with van der Waals surface area (Å²) in [5.41, 5.74) is 10.4. The van der Waals surface area contributed by atoms with Crippen LogP contribution in [0.2, 0.25) is 0 Å². The lowest BCUT2D eigenvalue weighted by atomic mass is 10.0. The maximum absolute atomic E-state index is 13.3. The van der Waals surface area contributed by atoms with Gasteiger partial charge in [0, 0.05) is 22.8 Å². The number of para-hydroxylation sites is 1. The molecule has 2 aromatic heterocycles. The molecule has 1 atom stereocenters. The van der Waals surface area contributed by atoms with E-state index in [1.165, 1.54) is 39.5 Å². The van der Waals surface area contributed by atoms with Gasteiger partial charge in [-0.25, -0.2) is 9.37 Å². The standard InChI is InChI=1S/C31H28FN5S/c1-20(2)29-30-26(25-10-6-7-11-28(25)37(30)18-21-8-4-3-5-9-21)16-24(34-29)17-33-36-31-35-27(19-38-31)22-12-14-23(32)15-13-22/h3-17,19-20,31,35-36H,18H2,1-2H3. The fourth-order valence-electron chi connectivity index (χ4n) is 4.88. The van der Waals surface area contributed by atoms with Gasteiger partial charge in [-0.2, -0.15) is 5.10 Å². The largest absolute Gasteiger partial charge is 0.355 e. The molecule has 38 heavy (non-hydrogen) atoms. The molecule has 5 aromatic rings. The van der Waals surface area contributed by atoms with Crippen LogP contribution in [0, 0.1) is 5.82 Å². The van der Waals surface area contributed by atoms with E-state index in [0.29, 0.717) is 0 Å². The number of aromatic nitrogens is 2. The van der Waals surface area contributed by atoms with Crippen LogP contribution < -0.4 is 10.7 Å². The maximum atomic E-state index is 13.3. The zero-order chi connectivity index (χ0) is 26.1. The maximum Gasteiger partial charge on any atom is 0.165 e. The summed E-state index contributed by atoms with van der Waals surface area (Å²) in [6.45, 7) is 5.16. The average molecular weight is 522 g/mol. The number of hydrogen-bond donors (Lipinski definition) is 2. The van der Waals surface area contributed by atoms with Crippen molar-refractivity contribution >= 4 is 45.5 Å². The average Bonchev–Trinajstić information content (AvgIpc) is 3.53. The van der Waals surface area contributed by atoms with Gasteiger partial charge in [-0.15, -0.1) is 0 Å². The van der Waals surface area contributed by atoms with Gasteiger partial charge in [0.1, 0.15) is 5.82 Å². The van der Waals surface area contributed by atoms with Crippen molar-refractivity contribution in [3.63, 3.8) is 0 Å². The van der Waals surface area contributed by atoms with Gasteiger partial charge in [-0.3, -0.25) is 5.43 Å². The molecule has 3 aromatic carbocycles. The molecule has 1 unspecified atom stereocenters. The third-order valence-electron chi connectivity index (χ3n) is 6.68. The molecule has 6 rings (SSSR count).